The molecule has 3 N–H and O–H groups in total. The lowest BCUT2D eigenvalue weighted by Gasteiger charge is -2.30. The van der Waals surface area contributed by atoms with Gasteiger partial charge in [0, 0.05) is 37.4 Å². The summed E-state index contributed by atoms with van der Waals surface area (Å²) >= 11 is 0. The largest absolute Gasteiger partial charge is 0.508 e. The molecule has 4 nitrogen and oxygen atoms in total. The van der Waals surface area contributed by atoms with Gasteiger partial charge < -0.3 is 15.5 Å². The SMILES string of the molecule is Oc1ccc(F)cc1CNc1ccccc1CN1CCC(O)CC1. The number of anilines is 1. The molecule has 1 saturated heterocycles. The van der Waals surface area contributed by atoms with Crippen molar-refractivity contribution in [2.24, 2.45) is 0 Å². The second kappa shape index (κ2) is 7.64. The number of para-hydroxylation sites is 1. The minimum Gasteiger partial charge on any atom is -0.508 e. The first-order valence-electron chi connectivity index (χ1n) is 8.31. The predicted molar refractivity (Wildman–Crippen MR) is 92.4 cm³/mol. The van der Waals surface area contributed by atoms with E-state index >= 15 is 0 Å². The van der Waals surface area contributed by atoms with E-state index in [1.807, 2.05) is 18.2 Å². The molecule has 0 spiro atoms. The molecule has 0 atom stereocenters. The average Bonchev–Trinajstić information content (AvgIpc) is 2.59. The van der Waals surface area contributed by atoms with E-state index in [4.69, 9.17) is 0 Å². The third kappa shape index (κ3) is 4.24. The Balaban J connectivity index is 1.66. The Hall–Kier alpha value is -2.11. The molecule has 0 aliphatic carbocycles. The van der Waals surface area contributed by atoms with Crippen LogP contribution in [0.3, 0.4) is 0 Å². The Morgan fingerprint density at radius 2 is 1.83 bits per heavy atom. The highest BCUT2D eigenvalue weighted by Gasteiger charge is 2.17. The van der Waals surface area contributed by atoms with Gasteiger partial charge >= 0.3 is 0 Å². The number of aromatic hydroxyl groups is 1. The number of hydrogen-bond acceptors (Lipinski definition) is 4. The van der Waals surface area contributed by atoms with Crippen LogP contribution in [0.15, 0.2) is 42.5 Å². The van der Waals surface area contributed by atoms with Crippen LogP contribution in [0, 0.1) is 5.82 Å². The maximum atomic E-state index is 13.3. The molecule has 0 aromatic heterocycles. The zero-order valence-electron chi connectivity index (χ0n) is 13.6. The number of nitrogens with zero attached hydrogens (tertiary/aromatic N) is 1. The molecular weight excluding hydrogens is 307 g/mol. The van der Waals surface area contributed by atoms with Crippen LogP contribution in [0.4, 0.5) is 10.1 Å². The molecule has 1 aliphatic heterocycles. The van der Waals surface area contributed by atoms with Crippen LogP contribution in [-0.4, -0.2) is 34.3 Å². The number of hydrogen-bond donors (Lipinski definition) is 3. The predicted octanol–water partition coefficient (Wildman–Crippen LogP) is 3.10. The molecule has 5 heteroatoms. The van der Waals surface area contributed by atoms with Gasteiger partial charge in [-0.15, -0.1) is 0 Å². The van der Waals surface area contributed by atoms with Gasteiger partial charge in [0.15, 0.2) is 0 Å². The van der Waals surface area contributed by atoms with Crippen LogP contribution in [0.5, 0.6) is 5.75 Å². The number of phenols is 1. The quantitative estimate of drug-likeness (QED) is 0.788. The Morgan fingerprint density at radius 1 is 1.08 bits per heavy atom. The summed E-state index contributed by atoms with van der Waals surface area (Å²) in [5.74, 6) is -0.267. The highest BCUT2D eigenvalue weighted by atomic mass is 19.1. The normalized spacial score (nSPS) is 16.2. The van der Waals surface area contributed by atoms with E-state index in [9.17, 15) is 14.6 Å². The van der Waals surface area contributed by atoms with Crippen molar-refractivity contribution >= 4 is 5.69 Å². The first-order chi connectivity index (χ1) is 11.6. The van der Waals surface area contributed by atoms with Crippen molar-refractivity contribution in [3.63, 3.8) is 0 Å². The number of halogens is 1. The van der Waals surface area contributed by atoms with Gasteiger partial charge in [0.1, 0.15) is 11.6 Å². The lowest BCUT2D eigenvalue weighted by molar-refractivity contribution is 0.0793. The average molecular weight is 330 g/mol. The van der Waals surface area contributed by atoms with Crippen LogP contribution >= 0.6 is 0 Å². The number of aliphatic hydroxyl groups is 1. The van der Waals surface area contributed by atoms with Gasteiger partial charge in [-0.2, -0.15) is 0 Å². The van der Waals surface area contributed by atoms with Gasteiger partial charge in [-0.3, -0.25) is 4.90 Å². The first kappa shape index (κ1) is 16.7. The highest BCUT2D eigenvalue weighted by molar-refractivity contribution is 5.52. The summed E-state index contributed by atoms with van der Waals surface area (Å²) in [5, 5.41) is 22.7. The van der Waals surface area contributed by atoms with Gasteiger partial charge in [-0.1, -0.05) is 18.2 Å². The number of nitrogens with one attached hydrogen (secondary N) is 1. The van der Waals surface area contributed by atoms with E-state index in [1.54, 1.807) is 0 Å². The van der Waals surface area contributed by atoms with E-state index in [1.165, 1.54) is 18.2 Å². The molecule has 1 aliphatic rings. The van der Waals surface area contributed by atoms with E-state index in [2.05, 4.69) is 16.3 Å². The minimum atomic E-state index is -0.357. The molecule has 0 unspecified atom stereocenters. The molecule has 24 heavy (non-hydrogen) atoms. The zero-order chi connectivity index (χ0) is 16.9. The maximum Gasteiger partial charge on any atom is 0.123 e. The van der Waals surface area contributed by atoms with Crippen LogP contribution in [-0.2, 0) is 13.1 Å². The minimum absolute atomic E-state index is 0.0893. The van der Waals surface area contributed by atoms with Gasteiger partial charge in [-0.05, 0) is 42.7 Å². The van der Waals surface area contributed by atoms with Gasteiger partial charge in [0.2, 0.25) is 0 Å². The third-order valence-corrected chi connectivity index (χ3v) is 4.48. The van der Waals surface area contributed by atoms with Crippen LogP contribution in [0.25, 0.3) is 0 Å². The molecular formula is C19H23FN2O2. The number of piperidine rings is 1. The molecule has 1 fully saturated rings. The van der Waals surface area contributed by atoms with Gasteiger partial charge in [0.05, 0.1) is 6.10 Å². The van der Waals surface area contributed by atoms with Crippen LogP contribution < -0.4 is 5.32 Å². The molecule has 1 heterocycles. The Kier molecular flexibility index (Phi) is 5.33. The summed E-state index contributed by atoms with van der Waals surface area (Å²) in [6.07, 6.45) is 1.45. The molecule has 0 saturated carbocycles. The van der Waals surface area contributed by atoms with Crippen molar-refractivity contribution in [2.75, 3.05) is 18.4 Å². The first-order valence-corrected chi connectivity index (χ1v) is 8.31. The summed E-state index contributed by atoms with van der Waals surface area (Å²) in [7, 11) is 0. The highest BCUT2D eigenvalue weighted by Crippen LogP contribution is 2.23. The summed E-state index contributed by atoms with van der Waals surface area (Å²) < 4.78 is 13.3. The van der Waals surface area contributed by atoms with Crippen molar-refractivity contribution in [3.8, 4) is 5.75 Å². The fourth-order valence-electron chi connectivity index (χ4n) is 3.04. The maximum absolute atomic E-state index is 13.3. The van der Waals surface area contributed by atoms with Crippen molar-refractivity contribution in [2.45, 2.75) is 32.0 Å². The number of phenolic OH excluding ortho intramolecular Hbond substituents is 1. The Morgan fingerprint density at radius 3 is 2.62 bits per heavy atom. The van der Waals surface area contributed by atoms with Crippen molar-refractivity contribution < 1.29 is 14.6 Å². The van der Waals surface area contributed by atoms with Crippen molar-refractivity contribution in [3.05, 3.63) is 59.4 Å². The van der Waals surface area contributed by atoms with Gasteiger partial charge in [-0.25, -0.2) is 4.39 Å². The molecule has 0 radical (unpaired) electrons. The fourth-order valence-corrected chi connectivity index (χ4v) is 3.04. The second-order valence-corrected chi connectivity index (χ2v) is 6.29. The van der Waals surface area contributed by atoms with Crippen LogP contribution in [0.2, 0.25) is 0 Å². The second-order valence-electron chi connectivity index (χ2n) is 6.29. The number of benzene rings is 2. The monoisotopic (exact) mass is 330 g/mol. The smallest absolute Gasteiger partial charge is 0.123 e. The topological polar surface area (TPSA) is 55.7 Å². The molecule has 3 rings (SSSR count). The fraction of sp³-hybridized carbons (Fsp3) is 0.368. The van der Waals surface area contributed by atoms with E-state index < -0.39 is 0 Å². The van der Waals surface area contributed by atoms with Crippen molar-refractivity contribution in [1.82, 2.24) is 4.90 Å². The summed E-state index contributed by atoms with van der Waals surface area (Å²) in [4.78, 5) is 2.33. The standard InChI is InChI=1S/C19H23FN2O2/c20-16-5-6-19(24)15(11-16)12-21-18-4-2-1-3-14(18)13-22-9-7-17(23)8-10-22/h1-6,11,17,21,23-24H,7-10,12-13H2. The van der Waals surface area contributed by atoms with Crippen LogP contribution in [0.1, 0.15) is 24.0 Å². The van der Waals surface area contributed by atoms with Gasteiger partial charge in [0.25, 0.3) is 0 Å². The third-order valence-electron chi connectivity index (χ3n) is 4.48. The lowest BCUT2D eigenvalue weighted by Crippen LogP contribution is -2.35. The van der Waals surface area contributed by atoms with E-state index in [-0.39, 0.29) is 17.7 Å². The van der Waals surface area contributed by atoms with E-state index in [0.717, 1.165) is 43.7 Å². The molecule has 128 valence electrons. The van der Waals surface area contributed by atoms with Crippen molar-refractivity contribution in [1.29, 1.82) is 0 Å². The molecule has 0 bridgehead atoms. The number of rotatable bonds is 5. The Labute approximate surface area is 141 Å². The number of aliphatic hydroxyl groups excluding tert-OH is 1. The Bertz CT molecular complexity index is 685. The summed E-state index contributed by atoms with van der Waals surface area (Å²) in [6.45, 7) is 2.95. The van der Waals surface area contributed by atoms with E-state index in [0.29, 0.717) is 12.1 Å². The molecule has 2 aromatic rings. The zero-order valence-corrected chi connectivity index (χ0v) is 13.6. The summed E-state index contributed by atoms with van der Waals surface area (Å²) in [6, 6.07) is 12.0. The number of likely N-dealkylation sites (tertiary alicyclic amines) is 1. The molecule has 0 amide bonds. The molecule has 2 aromatic carbocycles. The summed E-state index contributed by atoms with van der Waals surface area (Å²) in [5.41, 5.74) is 2.67. The lowest BCUT2D eigenvalue weighted by atomic mass is 10.1.